The van der Waals surface area contributed by atoms with E-state index in [1.807, 2.05) is 64.1 Å². The number of carboxylic acids is 2. The molecule has 0 aliphatic heterocycles. The molecule has 2 aliphatic carbocycles. The van der Waals surface area contributed by atoms with Gasteiger partial charge in [-0.05, 0) is 86.8 Å². The second-order valence-corrected chi connectivity index (χ2v) is 12.1. The number of aliphatic carboxylic acids is 2. The Bertz CT molecular complexity index is 1400. The van der Waals surface area contributed by atoms with E-state index in [1.54, 1.807) is 0 Å². The first-order chi connectivity index (χ1) is 20.0. The van der Waals surface area contributed by atoms with Crippen LogP contribution in [0.15, 0.2) is 47.5 Å². The van der Waals surface area contributed by atoms with Crippen molar-refractivity contribution in [3.05, 3.63) is 80.9 Å². The first kappa shape index (κ1) is 31.1. The summed E-state index contributed by atoms with van der Waals surface area (Å²) >= 11 is 0. The molecule has 4 rings (SSSR count). The average Bonchev–Trinajstić information content (AvgIpc) is 3.51. The van der Waals surface area contributed by atoms with Gasteiger partial charge >= 0.3 is 11.9 Å². The van der Waals surface area contributed by atoms with Crippen LogP contribution in [-0.4, -0.2) is 33.7 Å². The van der Waals surface area contributed by atoms with Crippen LogP contribution in [0, 0.1) is 33.1 Å². The standard InChI is InChI=1S/C36H42O6/c1-22-11-13-24(3)26(20-22)33-28(15-17-30(33)37)36(35(41)42,19-9-7-5-6-8-10-32(39)40)29-16-18-31(38)34(29)27-21-23(2)12-14-25(27)4/h11-14,20-21H,5-10,15-19H2,1-4H3,(H,39,40)(H,41,42). The molecular weight excluding hydrogens is 528 g/mol. The lowest BCUT2D eigenvalue weighted by Crippen LogP contribution is -2.36. The molecule has 0 bridgehead atoms. The fourth-order valence-electron chi connectivity index (χ4n) is 6.85. The van der Waals surface area contributed by atoms with E-state index < -0.39 is 17.4 Å². The Morgan fingerprint density at radius 2 is 1.12 bits per heavy atom. The summed E-state index contributed by atoms with van der Waals surface area (Å²) in [5, 5.41) is 20.2. The second kappa shape index (κ2) is 13.0. The SMILES string of the molecule is Cc1ccc(C)c(C2=C(C(CCCCCCCC(=O)O)(C(=O)O)C3=C(c4cc(C)ccc4C)C(=O)CC3)CCC2=O)c1. The Hall–Kier alpha value is -3.80. The Labute approximate surface area is 248 Å². The molecule has 0 amide bonds. The van der Waals surface area contributed by atoms with Gasteiger partial charge in [0.05, 0.1) is 0 Å². The van der Waals surface area contributed by atoms with E-state index in [-0.39, 0.29) is 37.2 Å². The van der Waals surface area contributed by atoms with Crippen LogP contribution < -0.4 is 0 Å². The summed E-state index contributed by atoms with van der Waals surface area (Å²) < 4.78 is 0. The van der Waals surface area contributed by atoms with Crippen molar-refractivity contribution < 1.29 is 29.4 Å². The molecule has 2 aliphatic rings. The highest BCUT2D eigenvalue weighted by molar-refractivity contribution is 6.27. The van der Waals surface area contributed by atoms with Crippen molar-refractivity contribution in [2.75, 3.05) is 0 Å². The van der Waals surface area contributed by atoms with E-state index in [9.17, 15) is 24.3 Å². The molecular formula is C36H42O6. The maximum atomic E-state index is 13.8. The molecule has 0 radical (unpaired) electrons. The van der Waals surface area contributed by atoms with Crippen molar-refractivity contribution in [2.45, 2.75) is 98.3 Å². The number of aryl methyl sites for hydroxylation is 4. The van der Waals surface area contributed by atoms with Gasteiger partial charge in [-0.2, -0.15) is 0 Å². The van der Waals surface area contributed by atoms with Crippen LogP contribution in [0.1, 0.15) is 104 Å². The van der Waals surface area contributed by atoms with Crippen molar-refractivity contribution in [2.24, 2.45) is 5.41 Å². The predicted molar refractivity (Wildman–Crippen MR) is 164 cm³/mol. The van der Waals surface area contributed by atoms with Crippen LogP contribution in [0.3, 0.4) is 0 Å². The van der Waals surface area contributed by atoms with E-state index in [0.29, 0.717) is 48.0 Å². The molecule has 2 N–H and O–H groups in total. The monoisotopic (exact) mass is 570 g/mol. The smallest absolute Gasteiger partial charge is 0.318 e. The number of carboxylic acid groups (broad SMARTS) is 2. The zero-order valence-corrected chi connectivity index (χ0v) is 25.3. The lowest BCUT2D eigenvalue weighted by Gasteiger charge is -2.35. The highest BCUT2D eigenvalue weighted by Crippen LogP contribution is 2.55. The van der Waals surface area contributed by atoms with Crippen molar-refractivity contribution in [1.82, 2.24) is 0 Å². The van der Waals surface area contributed by atoms with Crippen LogP contribution >= 0.6 is 0 Å². The fraction of sp³-hybridized carbons (Fsp3) is 0.444. The van der Waals surface area contributed by atoms with Gasteiger partial charge < -0.3 is 10.2 Å². The number of hydrogen-bond donors (Lipinski definition) is 2. The highest BCUT2D eigenvalue weighted by Gasteiger charge is 2.52. The van der Waals surface area contributed by atoms with E-state index in [0.717, 1.165) is 52.6 Å². The number of Topliss-reactive ketones (excluding diaryl/α,β-unsaturated/α-hetero) is 2. The lowest BCUT2D eigenvalue weighted by atomic mass is 9.66. The van der Waals surface area contributed by atoms with Gasteiger partial charge in [-0.15, -0.1) is 0 Å². The molecule has 0 aromatic heterocycles. The van der Waals surface area contributed by atoms with Gasteiger partial charge in [0.1, 0.15) is 5.41 Å². The van der Waals surface area contributed by atoms with Crippen LogP contribution in [0.2, 0.25) is 0 Å². The molecule has 2 aromatic carbocycles. The van der Waals surface area contributed by atoms with Crippen LogP contribution in [0.25, 0.3) is 11.1 Å². The molecule has 2 aromatic rings. The first-order valence-electron chi connectivity index (χ1n) is 15.1. The highest BCUT2D eigenvalue weighted by atomic mass is 16.4. The second-order valence-electron chi connectivity index (χ2n) is 12.1. The van der Waals surface area contributed by atoms with Gasteiger partial charge in [-0.1, -0.05) is 73.2 Å². The van der Waals surface area contributed by atoms with Crippen LogP contribution in [0.4, 0.5) is 0 Å². The van der Waals surface area contributed by atoms with Gasteiger partial charge in [-0.25, -0.2) is 0 Å². The third kappa shape index (κ3) is 6.18. The molecule has 6 nitrogen and oxygen atoms in total. The molecule has 0 saturated heterocycles. The summed E-state index contributed by atoms with van der Waals surface area (Å²) in [4.78, 5) is 51.8. The third-order valence-corrected chi connectivity index (χ3v) is 9.03. The topological polar surface area (TPSA) is 109 Å². The number of hydrogen-bond acceptors (Lipinski definition) is 4. The summed E-state index contributed by atoms with van der Waals surface area (Å²) in [6, 6.07) is 11.9. The Morgan fingerprint density at radius 1 is 0.667 bits per heavy atom. The molecule has 0 spiro atoms. The predicted octanol–water partition coefficient (Wildman–Crippen LogP) is 7.74. The minimum absolute atomic E-state index is 0.0452. The minimum Gasteiger partial charge on any atom is -0.481 e. The zero-order chi connectivity index (χ0) is 30.6. The van der Waals surface area contributed by atoms with Crippen molar-refractivity contribution in [1.29, 1.82) is 0 Å². The molecule has 0 saturated carbocycles. The maximum Gasteiger partial charge on any atom is 0.318 e. The van der Waals surface area contributed by atoms with E-state index in [1.165, 1.54) is 0 Å². The number of benzene rings is 2. The van der Waals surface area contributed by atoms with Gasteiger partial charge in [0.15, 0.2) is 11.6 Å². The molecule has 0 unspecified atom stereocenters. The van der Waals surface area contributed by atoms with Crippen LogP contribution in [-0.2, 0) is 19.2 Å². The number of carbonyl (C=O) groups excluding carboxylic acids is 2. The number of unbranched alkanes of at least 4 members (excludes halogenated alkanes) is 4. The van der Waals surface area contributed by atoms with Crippen LogP contribution in [0.5, 0.6) is 0 Å². The largest absolute Gasteiger partial charge is 0.481 e. The normalized spacial score (nSPS) is 15.7. The molecule has 0 fully saturated rings. The van der Waals surface area contributed by atoms with Crippen molar-refractivity contribution in [3.8, 4) is 0 Å². The maximum absolute atomic E-state index is 13.8. The van der Waals surface area contributed by atoms with E-state index >= 15 is 0 Å². The molecule has 0 heterocycles. The Balaban J connectivity index is 1.92. The average molecular weight is 571 g/mol. The van der Waals surface area contributed by atoms with Gasteiger partial charge in [0.2, 0.25) is 0 Å². The zero-order valence-electron chi connectivity index (χ0n) is 25.3. The molecule has 42 heavy (non-hydrogen) atoms. The summed E-state index contributed by atoms with van der Waals surface area (Å²) in [5.74, 6) is -1.91. The third-order valence-electron chi connectivity index (χ3n) is 9.03. The summed E-state index contributed by atoms with van der Waals surface area (Å²) in [6.07, 6.45) is 5.11. The van der Waals surface area contributed by atoms with Crippen molar-refractivity contribution in [3.63, 3.8) is 0 Å². The quantitative estimate of drug-likeness (QED) is 0.239. The van der Waals surface area contributed by atoms with Gasteiger partial charge in [0, 0.05) is 30.4 Å². The first-order valence-corrected chi connectivity index (χ1v) is 15.1. The summed E-state index contributed by atoms with van der Waals surface area (Å²) in [5.41, 5.74) is 6.20. The van der Waals surface area contributed by atoms with Gasteiger partial charge in [0.25, 0.3) is 0 Å². The summed E-state index contributed by atoms with van der Waals surface area (Å²) in [6.45, 7) is 7.83. The van der Waals surface area contributed by atoms with Crippen molar-refractivity contribution >= 4 is 34.7 Å². The Morgan fingerprint density at radius 3 is 1.57 bits per heavy atom. The number of allylic oxidation sites excluding steroid dienone is 2. The van der Waals surface area contributed by atoms with Gasteiger partial charge in [-0.3, -0.25) is 19.2 Å². The molecule has 222 valence electrons. The lowest BCUT2D eigenvalue weighted by molar-refractivity contribution is -0.145. The Kier molecular flexibility index (Phi) is 9.65. The minimum atomic E-state index is -1.48. The summed E-state index contributed by atoms with van der Waals surface area (Å²) in [7, 11) is 0. The fourth-order valence-corrected chi connectivity index (χ4v) is 6.85. The molecule has 6 heteroatoms. The van der Waals surface area contributed by atoms with E-state index in [2.05, 4.69) is 0 Å². The molecule has 0 atom stereocenters. The number of rotatable bonds is 13. The van der Waals surface area contributed by atoms with E-state index in [4.69, 9.17) is 5.11 Å². The number of carbonyl (C=O) groups is 4. The number of ketones is 2.